The van der Waals surface area contributed by atoms with Gasteiger partial charge in [-0.05, 0) is 5.41 Å². The molecule has 0 bridgehead atoms. The van der Waals surface area contributed by atoms with Gasteiger partial charge in [0, 0.05) is 11.3 Å². The van der Waals surface area contributed by atoms with Crippen molar-refractivity contribution < 1.29 is 9.59 Å². The van der Waals surface area contributed by atoms with Gasteiger partial charge in [0.05, 0.1) is 5.92 Å². The molecule has 0 saturated heterocycles. The van der Waals surface area contributed by atoms with Crippen LogP contribution in [0.2, 0.25) is 0 Å². The first-order valence-electron chi connectivity index (χ1n) is 5.97. The first-order valence-corrected chi connectivity index (χ1v) is 5.97. The fourth-order valence-electron chi connectivity index (χ4n) is 1.72. The molecular formula is C14H26O2. The second kappa shape index (κ2) is 4.68. The van der Waals surface area contributed by atoms with Gasteiger partial charge in [0.15, 0.2) is 0 Å². The molecule has 1 atom stereocenters. The average Bonchev–Trinajstić information content (AvgIpc) is 1.99. The number of carbonyl (C=O) groups excluding carboxylic acids is 2. The topological polar surface area (TPSA) is 34.1 Å². The van der Waals surface area contributed by atoms with Gasteiger partial charge in [-0.3, -0.25) is 9.59 Å². The van der Waals surface area contributed by atoms with Gasteiger partial charge in [-0.2, -0.15) is 0 Å². The summed E-state index contributed by atoms with van der Waals surface area (Å²) >= 11 is 0. The third-order valence-electron chi connectivity index (χ3n) is 2.72. The maximum Gasteiger partial charge on any atom is 0.149 e. The van der Waals surface area contributed by atoms with Gasteiger partial charge < -0.3 is 0 Å². The average molecular weight is 226 g/mol. The Hall–Kier alpha value is -0.660. The molecule has 0 aromatic rings. The molecule has 0 amide bonds. The molecule has 0 aromatic carbocycles. The highest BCUT2D eigenvalue weighted by Crippen LogP contribution is 2.35. The summed E-state index contributed by atoms with van der Waals surface area (Å²) in [7, 11) is 0. The molecule has 94 valence electrons. The number of Topliss-reactive ketones (excluding diaryl/α,β-unsaturated/α-hetero) is 2. The summed E-state index contributed by atoms with van der Waals surface area (Å²) < 4.78 is 0. The molecule has 0 aliphatic rings. The van der Waals surface area contributed by atoms with Crippen LogP contribution < -0.4 is 0 Å². The molecule has 0 radical (unpaired) electrons. The van der Waals surface area contributed by atoms with Gasteiger partial charge in [-0.1, -0.05) is 55.4 Å². The van der Waals surface area contributed by atoms with Crippen molar-refractivity contribution >= 4 is 11.6 Å². The molecule has 2 nitrogen and oxygen atoms in total. The number of hydrogen-bond donors (Lipinski definition) is 0. The summed E-state index contributed by atoms with van der Waals surface area (Å²) in [5, 5.41) is 0. The summed E-state index contributed by atoms with van der Waals surface area (Å²) in [6, 6.07) is 0. The van der Waals surface area contributed by atoms with Crippen molar-refractivity contribution in [2.45, 2.75) is 55.4 Å². The summed E-state index contributed by atoms with van der Waals surface area (Å²) in [6.45, 7) is 15.2. The summed E-state index contributed by atoms with van der Waals surface area (Å²) in [6.07, 6.45) is 0. The van der Waals surface area contributed by atoms with Crippen molar-refractivity contribution in [3.8, 4) is 0 Å². The molecule has 0 aromatic heterocycles. The van der Waals surface area contributed by atoms with Crippen LogP contribution in [-0.2, 0) is 9.59 Å². The van der Waals surface area contributed by atoms with Crippen LogP contribution in [0.4, 0.5) is 0 Å². The van der Waals surface area contributed by atoms with Crippen molar-refractivity contribution in [3.63, 3.8) is 0 Å². The number of ketones is 2. The lowest BCUT2D eigenvalue weighted by Gasteiger charge is -2.34. The molecule has 0 heterocycles. The smallest absolute Gasteiger partial charge is 0.149 e. The van der Waals surface area contributed by atoms with E-state index in [1.165, 1.54) is 0 Å². The highest BCUT2D eigenvalue weighted by atomic mass is 16.2. The van der Waals surface area contributed by atoms with Crippen LogP contribution in [0.3, 0.4) is 0 Å². The minimum atomic E-state index is -0.493. The third-order valence-corrected chi connectivity index (χ3v) is 2.72. The fourth-order valence-corrected chi connectivity index (χ4v) is 1.72. The van der Waals surface area contributed by atoms with E-state index >= 15 is 0 Å². The molecule has 0 aliphatic carbocycles. The van der Waals surface area contributed by atoms with Gasteiger partial charge in [-0.25, -0.2) is 0 Å². The summed E-state index contributed by atoms with van der Waals surface area (Å²) in [5.74, 6) is -0.464. The minimum Gasteiger partial charge on any atom is -0.299 e. The fraction of sp³-hybridized carbons (Fsp3) is 0.857. The predicted octanol–water partition coefficient (Wildman–Crippen LogP) is 3.49. The molecule has 0 rings (SSSR count). The van der Waals surface area contributed by atoms with Gasteiger partial charge >= 0.3 is 0 Å². The van der Waals surface area contributed by atoms with Crippen molar-refractivity contribution in [2.75, 3.05) is 0 Å². The molecule has 0 aliphatic heterocycles. The van der Waals surface area contributed by atoms with Gasteiger partial charge in [0.25, 0.3) is 0 Å². The van der Waals surface area contributed by atoms with E-state index in [0.717, 1.165) is 0 Å². The van der Waals surface area contributed by atoms with E-state index in [2.05, 4.69) is 0 Å². The second-order valence-corrected chi connectivity index (χ2v) is 6.97. The zero-order valence-corrected chi connectivity index (χ0v) is 12.0. The minimum absolute atomic E-state index is 0.0544. The SMILES string of the molecule is CC(C)C(=O)C(C(=O)C(C)(C)C)C(C)(C)C. The molecule has 2 heteroatoms. The monoisotopic (exact) mass is 226 g/mol. The molecule has 0 fully saturated rings. The Balaban J connectivity index is 5.30. The van der Waals surface area contributed by atoms with E-state index in [0.29, 0.717) is 0 Å². The number of hydrogen-bond acceptors (Lipinski definition) is 2. The zero-order chi connectivity index (χ0) is 13.3. The maximum absolute atomic E-state index is 12.3. The standard InChI is InChI=1S/C14H26O2/c1-9(2)11(15)10(13(3,4)5)12(16)14(6,7)8/h9-10H,1-8H3. The van der Waals surface area contributed by atoms with Crippen LogP contribution >= 0.6 is 0 Å². The second-order valence-electron chi connectivity index (χ2n) is 6.97. The lowest BCUT2D eigenvalue weighted by molar-refractivity contribution is -0.143. The Bertz CT molecular complexity index is 274. The third kappa shape index (κ3) is 3.73. The van der Waals surface area contributed by atoms with Crippen LogP contribution in [0.1, 0.15) is 55.4 Å². The van der Waals surface area contributed by atoms with E-state index in [-0.39, 0.29) is 22.9 Å². The quantitative estimate of drug-likeness (QED) is 0.690. The molecule has 0 saturated carbocycles. The Labute approximate surface area is 99.8 Å². The lowest BCUT2D eigenvalue weighted by Crippen LogP contribution is -2.43. The Kier molecular flexibility index (Phi) is 4.49. The van der Waals surface area contributed by atoms with Crippen LogP contribution in [-0.4, -0.2) is 11.6 Å². The molecular weight excluding hydrogens is 200 g/mol. The van der Waals surface area contributed by atoms with Crippen molar-refractivity contribution in [3.05, 3.63) is 0 Å². The predicted molar refractivity (Wildman–Crippen MR) is 67.3 cm³/mol. The van der Waals surface area contributed by atoms with Crippen LogP contribution in [0.5, 0.6) is 0 Å². The highest BCUT2D eigenvalue weighted by molar-refractivity contribution is 6.05. The highest BCUT2D eigenvalue weighted by Gasteiger charge is 2.42. The Morgan fingerprint density at radius 3 is 1.44 bits per heavy atom. The van der Waals surface area contributed by atoms with E-state index in [9.17, 15) is 9.59 Å². The van der Waals surface area contributed by atoms with Gasteiger partial charge in [-0.15, -0.1) is 0 Å². The molecule has 1 unspecified atom stereocenters. The Morgan fingerprint density at radius 1 is 0.875 bits per heavy atom. The van der Waals surface area contributed by atoms with E-state index in [4.69, 9.17) is 0 Å². The van der Waals surface area contributed by atoms with Gasteiger partial charge in [0.2, 0.25) is 0 Å². The van der Waals surface area contributed by atoms with Gasteiger partial charge in [0.1, 0.15) is 11.6 Å². The van der Waals surface area contributed by atoms with Crippen LogP contribution in [0.25, 0.3) is 0 Å². The maximum atomic E-state index is 12.3. The van der Waals surface area contributed by atoms with E-state index in [1.54, 1.807) is 0 Å². The zero-order valence-electron chi connectivity index (χ0n) is 12.0. The van der Waals surface area contributed by atoms with Crippen molar-refractivity contribution in [1.29, 1.82) is 0 Å². The number of rotatable bonds is 3. The largest absolute Gasteiger partial charge is 0.299 e. The first-order chi connectivity index (χ1) is 6.89. The van der Waals surface area contributed by atoms with Crippen molar-refractivity contribution in [2.24, 2.45) is 22.7 Å². The molecule has 16 heavy (non-hydrogen) atoms. The lowest BCUT2D eigenvalue weighted by atomic mass is 9.67. The van der Waals surface area contributed by atoms with Crippen molar-refractivity contribution in [1.82, 2.24) is 0 Å². The Morgan fingerprint density at radius 2 is 1.25 bits per heavy atom. The van der Waals surface area contributed by atoms with E-state index < -0.39 is 11.3 Å². The van der Waals surface area contributed by atoms with Crippen LogP contribution in [0.15, 0.2) is 0 Å². The van der Waals surface area contributed by atoms with E-state index in [1.807, 2.05) is 55.4 Å². The normalized spacial score (nSPS) is 15.1. The molecule has 0 N–H and O–H groups in total. The first kappa shape index (κ1) is 15.3. The summed E-state index contributed by atoms with van der Waals surface area (Å²) in [5.41, 5.74) is -0.756. The molecule has 0 spiro atoms. The van der Waals surface area contributed by atoms with Crippen LogP contribution in [0, 0.1) is 22.7 Å². The summed E-state index contributed by atoms with van der Waals surface area (Å²) in [4.78, 5) is 24.5. The number of carbonyl (C=O) groups is 2.